The van der Waals surface area contributed by atoms with Gasteiger partial charge in [-0.1, -0.05) is 0 Å². The zero-order valence-corrected chi connectivity index (χ0v) is 18.3. The third kappa shape index (κ3) is 593. The van der Waals surface area contributed by atoms with Crippen molar-refractivity contribution in [2.24, 2.45) is 0 Å². The Hall–Kier alpha value is 3.79. The molecule has 0 saturated carbocycles. The predicted molar refractivity (Wildman–Crippen MR) is 23.2 cm³/mol. The Bertz CT molecular complexity index is 24.9. The Morgan fingerprint density at radius 3 is 0.158 bits per heavy atom. The Morgan fingerprint density at radius 2 is 0.158 bits per heavy atom. The van der Waals surface area contributed by atoms with E-state index < -0.39 is 0 Å². The van der Waals surface area contributed by atoms with Gasteiger partial charge in [-0.3, -0.25) is 0 Å². The Labute approximate surface area is 198 Å². The molecule has 19 heavy (non-hydrogen) atoms. The molecule has 0 aliphatic carbocycles. The molecule has 0 aliphatic rings. The maximum atomic E-state index is 0. The first-order valence-corrected chi connectivity index (χ1v) is 0. The second kappa shape index (κ2) is 655. The standard InChI is InChI=1S/4Cr.12H2O.3Ti/h;;;;12*1H2;;;/q4*+3;;;;;;;;;;;;;;;/p-12. The molecule has 12 N–H and O–H groups in total. The quantitative estimate of drug-likeness (QED) is 0.289. The molecule has 0 saturated heterocycles. The van der Waals surface area contributed by atoms with Crippen molar-refractivity contribution >= 4 is 0 Å². The number of hydrogen-bond acceptors (Lipinski definition) is 12. The van der Waals surface area contributed by atoms with Crippen LogP contribution in [0.2, 0.25) is 0 Å². The maximum absolute atomic E-state index is 0. The second-order valence-corrected chi connectivity index (χ2v) is 0. The second-order valence-electron chi connectivity index (χ2n) is 0. The van der Waals surface area contributed by atoms with Crippen molar-refractivity contribution in [1.29, 1.82) is 0 Å². The van der Waals surface area contributed by atoms with E-state index in [1.165, 1.54) is 0 Å². The van der Waals surface area contributed by atoms with Gasteiger partial charge in [0, 0.05) is 65.2 Å². The van der Waals surface area contributed by atoms with E-state index in [0.717, 1.165) is 0 Å². The van der Waals surface area contributed by atoms with Crippen molar-refractivity contribution in [2.45, 2.75) is 0 Å². The van der Waals surface area contributed by atoms with E-state index in [-0.39, 0.29) is 200 Å². The molecule has 0 fully saturated rings. The summed E-state index contributed by atoms with van der Waals surface area (Å²) in [7, 11) is 0. The minimum absolute atomic E-state index is 0. The van der Waals surface area contributed by atoms with Crippen LogP contribution in [-0.2, 0) is 135 Å². The fourth-order valence-electron chi connectivity index (χ4n) is 0. The van der Waals surface area contributed by atoms with Crippen LogP contribution in [0.15, 0.2) is 0 Å². The molecule has 0 bridgehead atoms. The normalized spacial score (nSPS) is 0. The molecule has 12 nitrogen and oxygen atoms in total. The topological polar surface area (TPSA) is 360 Å². The zero-order valence-electron chi connectivity index (χ0n) is 8.50. The van der Waals surface area contributed by atoms with Crippen LogP contribution in [0.3, 0.4) is 0 Å². The van der Waals surface area contributed by atoms with Crippen LogP contribution < -0.4 is 0 Å². The first-order chi connectivity index (χ1) is 0. The summed E-state index contributed by atoms with van der Waals surface area (Å²) in [6, 6.07) is 0. The Balaban J connectivity index is 0. The molecule has 0 atom stereocenters. The molecular weight excluding hydrogens is 544 g/mol. The summed E-state index contributed by atoms with van der Waals surface area (Å²) in [5.74, 6) is 0. The fraction of sp³-hybridized carbons (Fsp3) is 0. The molecule has 4 radical (unpaired) electrons. The molecule has 120 valence electrons. The van der Waals surface area contributed by atoms with Gasteiger partial charge in [0.2, 0.25) is 0 Å². The van der Waals surface area contributed by atoms with Crippen LogP contribution >= 0.6 is 0 Å². The third-order valence-corrected chi connectivity index (χ3v) is 0. The van der Waals surface area contributed by atoms with E-state index in [1.54, 1.807) is 0 Å². The Kier molecular flexibility index (Phi) is 25900. The van der Waals surface area contributed by atoms with Crippen LogP contribution in [0, 0.1) is 0 Å². The van der Waals surface area contributed by atoms with Crippen molar-refractivity contribution in [2.75, 3.05) is 0 Å². The first kappa shape index (κ1) is 753. The zero-order chi connectivity index (χ0) is 0. The predicted octanol–water partition coefficient (Wildman–Crippen LogP) is -2.14. The SMILES string of the molecule is [Cr+3].[Cr+3].[Cr+3].[Cr+3].[OH-].[OH-].[OH-].[OH-].[OH-].[OH-].[OH-].[OH-].[OH-].[OH-].[OH-].[OH-].[Ti].[Ti].[Ti]. The van der Waals surface area contributed by atoms with Gasteiger partial charge in [-0.2, -0.15) is 0 Å². The molecule has 0 spiro atoms. The summed E-state index contributed by atoms with van der Waals surface area (Å²) >= 11 is 0. The van der Waals surface area contributed by atoms with E-state index in [2.05, 4.69) is 0 Å². The van der Waals surface area contributed by atoms with Gasteiger partial charge in [0.25, 0.3) is 0 Å². The number of rotatable bonds is 0. The van der Waals surface area contributed by atoms with Crippen molar-refractivity contribution in [3.05, 3.63) is 0 Å². The molecular formula is H12Cr4O12Ti3. The summed E-state index contributed by atoms with van der Waals surface area (Å²) in [6.45, 7) is 0. The van der Waals surface area contributed by atoms with E-state index >= 15 is 0 Å². The molecule has 0 aromatic rings. The van der Waals surface area contributed by atoms with Crippen LogP contribution in [0.4, 0.5) is 0 Å². The van der Waals surface area contributed by atoms with Crippen molar-refractivity contribution in [3.63, 3.8) is 0 Å². The van der Waals surface area contributed by atoms with Gasteiger partial charge in [0.1, 0.15) is 0 Å². The smallest absolute Gasteiger partial charge is 0.870 e. The van der Waals surface area contributed by atoms with Crippen LogP contribution in [0.5, 0.6) is 0 Å². The van der Waals surface area contributed by atoms with E-state index in [0.29, 0.717) is 0 Å². The minimum atomic E-state index is 0. The van der Waals surface area contributed by atoms with Gasteiger partial charge in [-0.25, -0.2) is 0 Å². The van der Waals surface area contributed by atoms with Gasteiger partial charge in [-0.05, 0) is 0 Å². The molecule has 0 heterocycles. The van der Waals surface area contributed by atoms with E-state index in [4.69, 9.17) is 0 Å². The van der Waals surface area contributed by atoms with Gasteiger partial charge < -0.3 is 65.7 Å². The summed E-state index contributed by atoms with van der Waals surface area (Å²) in [6.07, 6.45) is 0. The van der Waals surface area contributed by atoms with Gasteiger partial charge in [-0.15, -0.1) is 0 Å². The minimum Gasteiger partial charge on any atom is -0.870 e. The summed E-state index contributed by atoms with van der Waals surface area (Å²) in [5, 5.41) is 0. The summed E-state index contributed by atoms with van der Waals surface area (Å²) in [5.41, 5.74) is 0. The molecule has 0 aromatic carbocycles. The fourth-order valence-corrected chi connectivity index (χ4v) is 0. The Morgan fingerprint density at radius 1 is 0.158 bits per heavy atom. The molecule has 0 aliphatic heterocycles. The third-order valence-electron chi connectivity index (χ3n) is 0. The monoisotopic (exact) mass is 556 g/mol. The van der Waals surface area contributed by atoms with Crippen molar-refractivity contribution < 1.29 is 200 Å². The van der Waals surface area contributed by atoms with E-state index in [9.17, 15) is 0 Å². The molecule has 0 aromatic heterocycles. The van der Waals surface area contributed by atoms with Gasteiger partial charge in [0.15, 0.2) is 0 Å². The van der Waals surface area contributed by atoms with E-state index in [1.807, 2.05) is 0 Å². The van der Waals surface area contributed by atoms with Crippen molar-refractivity contribution in [3.8, 4) is 0 Å². The average Bonchev–Trinajstić information content (AvgIpc) is 0. The van der Waals surface area contributed by atoms with Crippen LogP contribution in [-0.4, -0.2) is 65.7 Å². The summed E-state index contributed by atoms with van der Waals surface area (Å²) < 4.78 is 0. The maximum Gasteiger partial charge on any atom is 3.00 e. The molecule has 0 unspecified atom stereocenters. The first-order valence-electron chi connectivity index (χ1n) is 0. The van der Waals surface area contributed by atoms with Crippen LogP contribution in [0.25, 0.3) is 0 Å². The van der Waals surface area contributed by atoms with Gasteiger partial charge >= 0.3 is 69.4 Å². The largest absolute Gasteiger partial charge is 3.00 e. The molecule has 0 rings (SSSR count). The number of hydrogen-bond donors (Lipinski definition) is 0. The summed E-state index contributed by atoms with van der Waals surface area (Å²) in [4.78, 5) is 0. The van der Waals surface area contributed by atoms with Crippen molar-refractivity contribution in [1.82, 2.24) is 0 Å². The molecule has 19 heteroatoms. The molecule has 0 amide bonds. The van der Waals surface area contributed by atoms with Crippen LogP contribution in [0.1, 0.15) is 0 Å². The van der Waals surface area contributed by atoms with Gasteiger partial charge in [0.05, 0.1) is 0 Å². The average molecular weight is 556 g/mol.